The van der Waals surface area contributed by atoms with Gasteiger partial charge in [-0.2, -0.15) is 0 Å². The van der Waals surface area contributed by atoms with E-state index in [4.69, 9.17) is 4.74 Å². The quantitative estimate of drug-likeness (QED) is 0.757. The number of esters is 1. The number of urea groups is 1. The van der Waals surface area contributed by atoms with E-state index in [0.29, 0.717) is 13.0 Å². The standard InChI is InChI=1S/C19H20N2O4/c22-17(21-19(24)20-13-16-9-5-2-6-10-16)14-25-18(23)12-11-15-7-3-1-4-8-15/h1-10H,11-14H2,(H2,20,21,22,24). The summed E-state index contributed by atoms with van der Waals surface area (Å²) in [5.74, 6) is -1.15. The molecule has 0 fully saturated rings. The maximum absolute atomic E-state index is 11.6. The first kappa shape index (κ1) is 18.2. The van der Waals surface area contributed by atoms with Crippen LogP contribution < -0.4 is 10.6 Å². The van der Waals surface area contributed by atoms with Crippen LogP contribution in [0.1, 0.15) is 17.5 Å². The second-order valence-electron chi connectivity index (χ2n) is 5.36. The van der Waals surface area contributed by atoms with E-state index < -0.39 is 24.5 Å². The number of hydrogen-bond donors (Lipinski definition) is 2. The van der Waals surface area contributed by atoms with Crippen molar-refractivity contribution >= 4 is 17.9 Å². The average molecular weight is 340 g/mol. The smallest absolute Gasteiger partial charge is 0.321 e. The summed E-state index contributed by atoms with van der Waals surface area (Å²) in [7, 11) is 0. The number of benzene rings is 2. The summed E-state index contributed by atoms with van der Waals surface area (Å²) in [5, 5.41) is 4.67. The second kappa shape index (κ2) is 9.87. The lowest BCUT2D eigenvalue weighted by Crippen LogP contribution is -2.41. The fourth-order valence-electron chi connectivity index (χ4n) is 2.09. The van der Waals surface area contributed by atoms with Crippen molar-refractivity contribution in [2.45, 2.75) is 19.4 Å². The van der Waals surface area contributed by atoms with Crippen LogP contribution in [0.5, 0.6) is 0 Å². The van der Waals surface area contributed by atoms with Gasteiger partial charge < -0.3 is 10.1 Å². The summed E-state index contributed by atoms with van der Waals surface area (Å²) in [6, 6.07) is 18.2. The molecule has 2 N–H and O–H groups in total. The number of amides is 3. The zero-order valence-electron chi connectivity index (χ0n) is 13.7. The third-order valence-electron chi connectivity index (χ3n) is 3.37. The zero-order valence-corrected chi connectivity index (χ0v) is 13.7. The highest BCUT2D eigenvalue weighted by Gasteiger charge is 2.11. The minimum absolute atomic E-state index is 0.178. The number of ether oxygens (including phenoxy) is 1. The van der Waals surface area contributed by atoms with Gasteiger partial charge in [0.2, 0.25) is 0 Å². The molecule has 0 aliphatic heterocycles. The molecular weight excluding hydrogens is 320 g/mol. The topological polar surface area (TPSA) is 84.5 Å². The molecule has 0 bridgehead atoms. The highest BCUT2D eigenvalue weighted by Crippen LogP contribution is 2.03. The van der Waals surface area contributed by atoms with E-state index in [9.17, 15) is 14.4 Å². The van der Waals surface area contributed by atoms with Gasteiger partial charge in [-0.1, -0.05) is 60.7 Å². The van der Waals surface area contributed by atoms with E-state index in [1.165, 1.54) is 0 Å². The van der Waals surface area contributed by atoms with Gasteiger partial charge in [0.15, 0.2) is 6.61 Å². The maximum atomic E-state index is 11.6. The molecule has 0 aliphatic carbocycles. The van der Waals surface area contributed by atoms with Gasteiger partial charge in [0.05, 0.1) is 0 Å². The maximum Gasteiger partial charge on any atom is 0.321 e. The van der Waals surface area contributed by atoms with Gasteiger partial charge in [-0.05, 0) is 17.5 Å². The Bertz CT molecular complexity index is 702. The summed E-state index contributed by atoms with van der Waals surface area (Å²) in [6.45, 7) is -0.177. The number of rotatable bonds is 7. The molecule has 0 aliphatic rings. The summed E-state index contributed by atoms with van der Waals surface area (Å²) < 4.78 is 4.86. The molecule has 0 unspecified atom stereocenters. The van der Waals surface area contributed by atoms with Crippen molar-refractivity contribution in [2.75, 3.05) is 6.61 Å². The van der Waals surface area contributed by atoms with Gasteiger partial charge in [0, 0.05) is 13.0 Å². The van der Waals surface area contributed by atoms with Crippen LogP contribution >= 0.6 is 0 Å². The molecule has 0 saturated heterocycles. The van der Waals surface area contributed by atoms with Gasteiger partial charge >= 0.3 is 12.0 Å². The number of nitrogens with one attached hydrogen (secondary N) is 2. The third kappa shape index (κ3) is 7.30. The summed E-state index contributed by atoms with van der Waals surface area (Å²) >= 11 is 0. The van der Waals surface area contributed by atoms with E-state index in [1.807, 2.05) is 60.7 Å². The molecule has 2 rings (SSSR count). The van der Waals surface area contributed by atoms with Gasteiger partial charge in [0.25, 0.3) is 5.91 Å². The monoisotopic (exact) mass is 340 g/mol. The number of imide groups is 1. The zero-order chi connectivity index (χ0) is 17.9. The van der Waals surface area contributed by atoms with Gasteiger partial charge in [-0.3, -0.25) is 14.9 Å². The second-order valence-corrected chi connectivity index (χ2v) is 5.36. The minimum Gasteiger partial charge on any atom is -0.456 e. The first-order valence-electron chi connectivity index (χ1n) is 7.94. The first-order valence-corrected chi connectivity index (χ1v) is 7.94. The SMILES string of the molecule is O=C(COC(=O)CCc1ccccc1)NC(=O)NCc1ccccc1. The average Bonchev–Trinajstić information content (AvgIpc) is 2.65. The van der Waals surface area contributed by atoms with E-state index in [2.05, 4.69) is 10.6 Å². The van der Waals surface area contributed by atoms with E-state index in [-0.39, 0.29) is 6.42 Å². The largest absolute Gasteiger partial charge is 0.456 e. The highest BCUT2D eigenvalue weighted by molar-refractivity contribution is 5.95. The normalized spacial score (nSPS) is 9.92. The molecule has 0 saturated carbocycles. The lowest BCUT2D eigenvalue weighted by atomic mass is 10.1. The molecule has 2 aromatic carbocycles. The van der Waals surface area contributed by atoms with Crippen molar-refractivity contribution in [3.8, 4) is 0 Å². The van der Waals surface area contributed by atoms with Crippen LogP contribution in [0.3, 0.4) is 0 Å². The number of hydrogen-bond acceptors (Lipinski definition) is 4. The van der Waals surface area contributed by atoms with Gasteiger partial charge in [0.1, 0.15) is 0 Å². The van der Waals surface area contributed by atoms with Crippen molar-refractivity contribution < 1.29 is 19.1 Å². The van der Waals surface area contributed by atoms with E-state index >= 15 is 0 Å². The summed E-state index contributed by atoms with van der Waals surface area (Å²) in [5.41, 5.74) is 1.93. The molecule has 3 amide bonds. The fraction of sp³-hybridized carbons (Fsp3) is 0.211. The van der Waals surface area contributed by atoms with Crippen LogP contribution in [0.25, 0.3) is 0 Å². The van der Waals surface area contributed by atoms with Gasteiger partial charge in [-0.15, -0.1) is 0 Å². The molecule has 0 spiro atoms. The molecule has 2 aromatic rings. The Morgan fingerprint density at radius 2 is 1.44 bits per heavy atom. The molecule has 0 atom stereocenters. The molecule has 0 heterocycles. The molecule has 6 nitrogen and oxygen atoms in total. The molecule has 25 heavy (non-hydrogen) atoms. The number of carbonyl (C=O) groups excluding carboxylic acids is 3. The van der Waals surface area contributed by atoms with Crippen LogP contribution in [-0.4, -0.2) is 24.5 Å². The molecule has 0 aromatic heterocycles. The van der Waals surface area contributed by atoms with E-state index in [0.717, 1.165) is 11.1 Å². The summed E-state index contributed by atoms with van der Waals surface area (Å²) in [6.07, 6.45) is 0.719. The Labute approximate surface area is 146 Å². The Morgan fingerprint density at radius 3 is 2.08 bits per heavy atom. The molecule has 6 heteroatoms. The molecular formula is C19H20N2O4. The molecule has 130 valence electrons. The predicted molar refractivity (Wildman–Crippen MR) is 92.5 cm³/mol. The van der Waals surface area contributed by atoms with Crippen LogP contribution in [-0.2, 0) is 27.3 Å². The van der Waals surface area contributed by atoms with Crippen molar-refractivity contribution in [3.63, 3.8) is 0 Å². The Morgan fingerprint density at radius 1 is 0.840 bits per heavy atom. The van der Waals surface area contributed by atoms with Crippen LogP contribution in [0.15, 0.2) is 60.7 Å². The van der Waals surface area contributed by atoms with Crippen molar-refractivity contribution in [1.29, 1.82) is 0 Å². The Balaban J connectivity index is 1.61. The third-order valence-corrected chi connectivity index (χ3v) is 3.37. The van der Waals surface area contributed by atoms with Crippen molar-refractivity contribution in [1.82, 2.24) is 10.6 Å². The molecule has 0 radical (unpaired) electrons. The van der Waals surface area contributed by atoms with Crippen molar-refractivity contribution in [3.05, 3.63) is 71.8 Å². The Kier molecular flexibility index (Phi) is 7.18. The van der Waals surface area contributed by atoms with Crippen LogP contribution in [0.4, 0.5) is 4.79 Å². The lowest BCUT2D eigenvalue weighted by molar-refractivity contribution is -0.148. The van der Waals surface area contributed by atoms with Crippen molar-refractivity contribution in [2.24, 2.45) is 0 Å². The van der Waals surface area contributed by atoms with E-state index in [1.54, 1.807) is 0 Å². The first-order chi connectivity index (χ1) is 12.1. The number of carbonyl (C=O) groups is 3. The summed E-state index contributed by atoms with van der Waals surface area (Å²) in [4.78, 5) is 34.8. The highest BCUT2D eigenvalue weighted by atomic mass is 16.5. The van der Waals surface area contributed by atoms with Crippen LogP contribution in [0, 0.1) is 0 Å². The lowest BCUT2D eigenvalue weighted by Gasteiger charge is -2.07. The Hall–Kier alpha value is -3.15. The predicted octanol–water partition coefficient (Wildman–Crippen LogP) is 2.19. The fourth-order valence-corrected chi connectivity index (χ4v) is 2.09. The van der Waals surface area contributed by atoms with Crippen LogP contribution in [0.2, 0.25) is 0 Å². The number of aryl methyl sites for hydroxylation is 1. The van der Waals surface area contributed by atoms with Gasteiger partial charge in [-0.25, -0.2) is 4.79 Å². The minimum atomic E-state index is -0.668.